The van der Waals surface area contributed by atoms with Crippen LogP contribution in [0.4, 0.5) is 0 Å². The van der Waals surface area contributed by atoms with Gasteiger partial charge < -0.3 is 10.4 Å². The van der Waals surface area contributed by atoms with Gasteiger partial charge in [-0.2, -0.15) is 0 Å². The molecule has 19 heavy (non-hydrogen) atoms. The molecule has 1 fully saturated rings. The first-order chi connectivity index (χ1) is 8.73. The van der Waals surface area contributed by atoms with Crippen molar-refractivity contribution in [1.82, 2.24) is 10.3 Å². The molecule has 1 amide bonds. The van der Waals surface area contributed by atoms with E-state index in [1.807, 2.05) is 5.38 Å². The van der Waals surface area contributed by atoms with Crippen LogP contribution < -0.4 is 5.32 Å². The lowest BCUT2D eigenvalue weighted by atomic mass is 9.98. The molecule has 0 unspecified atom stereocenters. The summed E-state index contributed by atoms with van der Waals surface area (Å²) in [6, 6.07) is 0. The van der Waals surface area contributed by atoms with E-state index in [1.165, 1.54) is 11.3 Å². The van der Waals surface area contributed by atoms with Crippen LogP contribution in [-0.4, -0.2) is 27.5 Å². The van der Waals surface area contributed by atoms with Crippen LogP contribution >= 0.6 is 11.3 Å². The maximum absolute atomic E-state index is 11.8. The molecule has 1 aromatic rings. The number of amides is 1. The van der Waals surface area contributed by atoms with Crippen LogP contribution in [-0.2, 0) is 21.4 Å². The minimum Gasteiger partial charge on any atom is -0.480 e. The van der Waals surface area contributed by atoms with E-state index in [1.54, 1.807) is 0 Å². The van der Waals surface area contributed by atoms with Gasteiger partial charge in [-0.1, -0.05) is 20.8 Å². The van der Waals surface area contributed by atoms with Crippen molar-refractivity contribution in [1.29, 1.82) is 0 Å². The molecule has 6 heteroatoms. The number of carbonyl (C=O) groups excluding carboxylic acids is 1. The Morgan fingerprint density at radius 3 is 2.53 bits per heavy atom. The highest BCUT2D eigenvalue weighted by Gasteiger charge is 2.51. The van der Waals surface area contributed by atoms with Crippen LogP contribution in [0.3, 0.4) is 0 Å². The van der Waals surface area contributed by atoms with Crippen molar-refractivity contribution < 1.29 is 14.7 Å². The molecule has 5 nitrogen and oxygen atoms in total. The molecule has 0 atom stereocenters. The van der Waals surface area contributed by atoms with Crippen LogP contribution in [0.2, 0.25) is 0 Å². The molecule has 1 aliphatic carbocycles. The Bertz CT molecular complexity index is 512. The van der Waals surface area contributed by atoms with Gasteiger partial charge in [0.1, 0.15) is 5.54 Å². The number of hydrogen-bond donors (Lipinski definition) is 2. The van der Waals surface area contributed by atoms with Crippen molar-refractivity contribution in [3.8, 4) is 0 Å². The minimum atomic E-state index is -1.01. The number of aromatic nitrogens is 1. The monoisotopic (exact) mass is 282 g/mol. The Morgan fingerprint density at radius 1 is 1.47 bits per heavy atom. The maximum Gasteiger partial charge on any atom is 0.329 e. The Hall–Kier alpha value is -1.43. The number of thiazole rings is 1. The molecule has 1 aliphatic rings. The molecule has 0 saturated heterocycles. The van der Waals surface area contributed by atoms with Crippen molar-refractivity contribution in [2.24, 2.45) is 0 Å². The fraction of sp³-hybridized carbons (Fsp3) is 0.615. The van der Waals surface area contributed by atoms with Crippen molar-refractivity contribution in [2.45, 2.75) is 51.0 Å². The fourth-order valence-electron chi connectivity index (χ4n) is 1.73. The van der Waals surface area contributed by atoms with E-state index in [2.05, 4.69) is 31.1 Å². The maximum atomic E-state index is 11.8. The number of nitrogens with zero attached hydrogens (tertiary/aromatic N) is 1. The third-order valence-electron chi connectivity index (χ3n) is 3.07. The fourth-order valence-corrected chi connectivity index (χ4v) is 2.63. The quantitative estimate of drug-likeness (QED) is 0.881. The van der Waals surface area contributed by atoms with Gasteiger partial charge in [0.2, 0.25) is 5.91 Å². The molecule has 0 spiro atoms. The molecular weight excluding hydrogens is 264 g/mol. The lowest BCUT2D eigenvalue weighted by Crippen LogP contribution is -2.43. The standard InChI is InChI=1S/C13H18N2O3S/c1-12(2,3)10-14-8(7-19-10)6-9(16)15-13(4-5-13)11(17)18/h7H,4-6H2,1-3H3,(H,15,16)(H,17,18). The SMILES string of the molecule is CC(C)(C)c1nc(CC(=O)NC2(C(=O)O)CC2)cs1. The summed E-state index contributed by atoms with van der Waals surface area (Å²) in [6.45, 7) is 6.21. The lowest BCUT2D eigenvalue weighted by Gasteiger charge is -2.14. The highest BCUT2D eigenvalue weighted by atomic mass is 32.1. The second kappa shape index (κ2) is 4.59. The van der Waals surface area contributed by atoms with Crippen LogP contribution in [0.1, 0.15) is 44.3 Å². The molecular formula is C13H18N2O3S. The second-order valence-corrected chi connectivity index (χ2v) is 6.86. The van der Waals surface area contributed by atoms with Crippen LogP contribution in [0.25, 0.3) is 0 Å². The zero-order chi connectivity index (χ0) is 14.3. The van der Waals surface area contributed by atoms with E-state index in [9.17, 15) is 9.59 Å². The van der Waals surface area contributed by atoms with Crippen LogP contribution in [0.15, 0.2) is 5.38 Å². The van der Waals surface area contributed by atoms with E-state index >= 15 is 0 Å². The predicted molar refractivity (Wildman–Crippen MR) is 72.3 cm³/mol. The second-order valence-electron chi connectivity index (χ2n) is 6.01. The minimum absolute atomic E-state index is 0.0296. The molecule has 1 saturated carbocycles. The molecule has 1 heterocycles. The summed E-state index contributed by atoms with van der Waals surface area (Å²) in [4.78, 5) is 27.2. The van der Waals surface area contributed by atoms with Gasteiger partial charge in [-0.05, 0) is 12.8 Å². The predicted octanol–water partition coefficient (Wildman–Crippen LogP) is 1.72. The van der Waals surface area contributed by atoms with Crippen molar-refractivity contribution >= 4 is 23.2 Å². The first kappa shape index (κ1) is 14.0. The highest BCUT2D eigenvalue weighted by molar-refractivity contribution is 7.09. The molecule has 1 aromatic heterocycles. The normalized spacial score (nSPS) is 17.0. The van der Waals surface area contributed by atoms with Crippen LogP contribution in [0.5, 0.6) is 0 Å². The summed E-state index contributed by atoms with van der Waals surface area (Å²) in [5.74, 6) is -1.22. The third-order valence-corrected chi connectivity index (χ3v) is 4.39. The number of nitrogens with one attached hydrogen (secondary N) is 1. The topological polar surface area (TPSA) is 79.3 Å². The van der Waals surface area contributed by atoms with E-state index in [4.69, 9.17) is 5.11 Å². The third kappa shape index (κ3) is 3.12. The summed E-state index contributed by atoms with van der Waals surface area (Å²) < 4.78 is 0. The Labute approximate surface area is 116 Å². The zero-order valence-corrected chi connectivity index (χ0v) is 12.1. The van der Waals surface area contributed by atoms with Gasteiger partial charge in [-0.15, -0.1) is 11.3 Å². The molecule has 0 aromatic carbocycles. The van der Waals surface area contributed by atoms with E-state index < -0.39 is 11.5 Å². The number of carboxylic acid groups (broad SMARTS) is 1. The molecule has 2 N–H and O–H groups in total. The first-order valence-corrected chi connectivity index (χ1v) is 7.10. The molecule has 0 bridgehead atoms. The Kier molecular flexibility index (Phi) is 3.38. The average Bonchev–Trinajstić information content (AvgIpc) is 2.87. The van der Waals surface area contributed by atoms with Gasteiger partial charge in [0.15, 0.2) is 0 Å². The summed E-state index contributed by atoms with van der Waals surface area (Å²) in [5.41, 5.74) is -0.341. The molecule has 0 radical (unpaired) electrons. The number of rotatable bonds is 4. The number of carbonyl (C=O) groups is 2. The van der Waals surface area contributed by atoms with Crippen molar-refractivity contribution in [3.05, 3.63) is 16.1 Å². The number of carboxylic acids is 1. The molecule has 2 rings (SSSR count). The lowest BCUT2D eigenvalue weighted by molar-refractivity contribution is -0.143. The summed E-state index contributed by atoms with van der Waals surface area (Å²) >= 11 is 1.53. The number of aliphatic carboxylic acids is 1. The van der Waals surface area contributed by atoms with Gasteiger partial charge in [0, 0.05) is 10.8 Å². The van der Waals surface area contributed by atoms with Gasteiger partial charge in [0.05, 0.1) is 17.1 Å². The van der Waals surface area contributed by atoms with E-state index in [-0.39, 0.29) is 17.7 Å². The Balaban J connectivity index is 1.96. The van der Waals surface area contributed by atoms with E-state index in [0.717, 1.165) is 5.01 Å². The van der Waals surface area contributed by atoms with Crippen molar-refractivity contribution in [2.75, 3.05) is 0 Å². The van der Waals surface area contributed by atoms with Gasteiger partial charge >= 0.3 is 5.97 Å². The summed E-state index contributed by atoms with van der Waals surface area (Å²) in [6.07, 6.45) is 1.17. The zero-order valence-electron chi connectivity index (χ0n) is 11.3. The smallest absolute Gasteiger partial charge is 0.329 e. The highest BCUT2D eigenvalue weighted by Crippen LogP contribution is 2.35. The molecule has 0 aliphatic heterocycles. The Morgan fingerprint density at radius 2 is 2.11 bits per heavy atom. The molecule has 104 valence electrons. The first-order valence-electron chi connectivity index (χ1n) is 6.22. The van der Waals surface area contributed by atoms with Gasteiger partial charge in [-0.25, -0.2) is 9.78 Å². The van der Waals surface area contributed by atoms with E-state index in [0.29, 0.717) is 18.5 Å². The van der Waals surface area contributed by atoms with Crippen LogP contribution in [0, 0.1) is 0 Å². The van der Waals surface area contributed by atoms with Gasteiger partial charge in [-0.3, -0.25) is 4.79 Å². The average molecular weight is 282 g/mol. The number of hydrogen-bond acceptors (Lipinski definition) is 4. The van der Waals surface area contributed by atoms with Crippen molar-refractivity contribution in [3.63, 3.8) is 0 Å². The summed E-state index contributed by atoms with van der Waals surface area (Å²) in [7, 11) is 0. The van der Waals surface area contributed by atoms with Gasteiger partial charge in [0.25, 0.3) is 0 Å². The summed E-state index contributed by atoms with van der Waals surface area (Å²) in [5, 5.41) is 14.4. The largest absolute Gasteiger partial charge is 0.480 e.